The van der Waals surface area contributed by atoms with Gasteiger partial charge in [0.2, 0.25) is 0 Å². The van der Waals surface area contributed by atoms with Crippen molar-refractivity contribution in [2.24, 2.45) is 11.0 Å². The summed E-state index contributed by atoms with van der Waals surface area (Å²) < 4.78 is 44.7. The molecule has 0 spiro atoms. The summed E-state index contributed by atoms with van der Waals surface area (Å²) in [6.45, 7) is 3.95. The topological polar surface area (TPSA) is 171 Å². The Morgan fingerprint density at radius 1 is 0.732 bits per heavy atom. The van der Waals surface area contributed by atoms with E-state index in [0.717, 1.165) is 17.3 Å². The predicted molar refractivity (Wildman–Crippen MR) is 206 cm³/mol. The van der Waals surface area contributed by atoms with E-state index in [1.165, 1.54) is 0 Å². The van der Waals surface area contributed by atoms with Crippen LogP contribution >= 0.6 is 0 Å². The van der Waals surface area contributed by atoms with Gasteiger partial charge in [0.25, 0.3) is 0 Å². The quantitative estimate of drug-likeness (QED) is 0.0399. The summed E-state index contributed by atoms with van der Waals surface area (Å²) >= 11 is 0. The molecule has 0 bridgehead atoms. The molecule has 13 nitrogen and oxygen atoms in total. The van der Waals surface area contributed by atoms with Crippen molar-refractivity contribution in [1.82, 2.24) is 0 Å². The van der Waals surface area contributed by atoms with Crippen molar-refractivity contribution in [3.63, 3.8) is 0 Å². The van der Waals surface area contributed by atoms with Crippen molar-refractivity contribution < 1.29 is 42.7 Å². The van der Waals surface area contributed by atoms with E-state index in [4.69, 9.17) is 38.6 Å². The number of nitrogens with zero attached hydrogens (tertiary/aromatic N) is 3. The van der Waals surface area contributed by atoms with Gasteiger partial charge in [0, 0.05) is 17.0 Å². The molecule has 0 aliphatic carbocycles. The largest absolute Gasteiger partial charge is 0.459 e. The Morgan fingerprint density at radius 3 is 1.80 bits per heavy atom. The van der Waals surface area contributed by atoms with Gasteiger partial charge in [-0.2, -0.15) is 0 Å². The normalized spacial score (nSPS) is 27.3. The first-order valence-corrected chi connectivity index (χ1v) is 18.7. The van der Waals surface area contributed by atoms with Crippen molar-refractivity contribution in [3.05, 3.63) is 154 Å². The Bertz CT molecular complexity index is 1900. The van der Waals surface area contributed by atoms with Crippen LogP contribution in [0.3, 0.4) is 0 Å². The summed E-state index contributed by atoms with van der Waals surface area (Å²) in [4.78, 5) is 29.8. The maximum absolute atomic E-state index is 13.5. The van der Waals surface area contributed by atoms with Crippen LogP contribution in [0, 0.1) is 11.3 Å². The maximum atomic E-state index is 13.5. The third-order valence-electron chi connectivity index (χ3n) is 9.95. The van der Waals surface area contributed by atoms with Gasteiger partial charge in [-0.25, -0.2) is 9.59 Å². The number of azide groups is 1. The second-order valence-corrected chi connectivity index (χ2v) is 13.6. The highest BCUT2D eigenvalue weighted by molar-refractivity contribution is 5.90. The highest BCUT2D eigenvalue weighted by atomic mass is 16.7. The zero-order valence-corrected chi connectivity index (χ0v) is 31.2. The lowest BCUT2D eigenvalue weighted by atomic mass is 9.88. The zero-order chi connectivity index (χ0) is 39.3. The zero-order valence-electron chi connectivity index (χ0n) is 31.2. The van der Waals surface area contributed by atoms with Gasteiger partial charge in [0.05, 0.1) is 42.7 Å². The molecule has 2 saturated heterocycles. The van der Waals surface area contributed by atoms with Crippen LogP contribution in [0.25, 0.3) is 10.4 Å². The molecule has 0 aromatic heterocycles. The molecule has 0 saturated carbocycles. The fraction of sp³-hybridized carbons (Fsp3) is 0.372. The average Bonchev–Trinajstić information content (AvgIpc) is 3.24. The predicted octanol–water partition coefficient (Wildman–Crippen LogP) is 7.49. The molecule has 4 aromatic rings. The number of benzene rings is 4. The van der Waals surface area contributed by atoms with Crippen LogP contribution in [0.4, 0.5) is 0 Å². The number of rotatable bonds is 16. The van der Waals surface area contributed by atoms with Crippen LogP contribution in [0.2, 0.25) is 0 Å². The lowest BCUT2D eigenvalue weighted by Gasteiger charge is -2.49. The minimum Gasteiger partial charge on any atom is -0.459 e. The summed E-state index contributed by atoms with van der Waals surface area (Å²) in [7, 11) is 0. The molecule has 2 aliphatic rings. The molecule has 56 heavy (non-hydrogen) atoms. The molecule has 4 aromatic carbocycles. The van der Waals surface area contributed by atoms with Crippen molar-refractivity contribution >= 4 is 18.2 Å². The summed E-state index contributed by atoms with van der Waals surface area (Å²) in [5.74, 6) is -1.59. The van der Waals surface area contributed by atoms with Gasteiger partial charge in [-0.3, -0.25) is 0 Å². The monoisotopic (exact) mass is 762 g/mol. The smallest absolute Gasteiger partial charge is 0.338 e. The molecule has 1 N–H and O–H groups in total. The minimum absolute atomic E-state index is 0.120. The number of ether oxygens (including phenoxy) is 7. The second-order valence-electron chi connectivity index (χ2n) is 13.6. The Kier molecular flexibility index (Phi) is 14.4. The van der Waals surface area contributed by atoms with Gasteiger partial charge in [-0.15, -0.1) is 0 Å². The molecular weight excluding hydrogens is 716 g/mol. The molecule has 2 heterocycles. The highest BCUT2D eigenvalue weighted by Gasteiger charge is 2.52. The SMILES string of the molecule is CC[C@@H]1OC(C=N)C(OC(=O)c2ccccc2)C(OCc2ccccc2)[C@@H]1OC1OC(COC(=O)c2ccccc2)C(C)[C@H](OCc2ccccc2)[C@@H]1N=[N+]=[N-]. The highest BCUT2D eigenvalue weighted by Crippen LogP contribution is 2.37. The van der Waals surface area contributed by atoms with E-state index in [2.05, 4.69) is 10.0 Å². The molecule has 2 fully saturated rings. The minimum atomic E-state index is -1.25. The van der Waals surface area contributed by atoms with Gasteiger partial charge < -0.3 is 38.6 Å². The fourth-order valence-electron chi connectivity index (χ4n) is 6.95. The maximum Gasteiger partial charge on any atom is 0.338 e. The summed E-state index contributed by atoms with van der Waals surface area (Å²) in [6.07, 6.45) is -5.98. The molecule has 6 rings (SSSR count). The second kappa shape index (κ2) is 20.0. The van der Waals surface area contributed by atoms with Crippen LogP contribution in [0.15, 0.2) is 126 Å². The molecule has 6 unspecified atom stereocenters. The molecule has 0 radical (unpaired) electrons. The number of hydrogen-bond donors (Lipinski definition) is 1. The Balaban J connectivity index is 1.33. The third kappa shape index (κ3) is 10.1. The number of esters is 2. The first-order chi connectivity index (χ1) is 27.4. The fourth-order valence-corrected chi connectivity index (χ4v) is 6.95. The molecule has 0 amide bonds. The standard InChI is InChI=1S/C43H46N4O9/c1-3-33-38(40(51-26-30-18-10-5-11-19-30)39(34(24-44)53-33)55-42(49)32-22-14-7-15-23-32)56-43-36(46-47-45)37(50-25-29-16-8-4-9-17-29)28(2)35(54-43)27-52-41(48)31-20-12-6-13-21-31/h4-24,28,33-40,43-44H,3,25-27H2,1-2H3/t28?,33-,34?,35?,36-,37-,38+,39?,40?,43?/m0/s1. The van der Waals surface area contributed by atoms with Gasteiger partial charge >= 0.3 is 11.9 Å². The first kappa shape index (κ1) is 40.3. The van der Waals surface area contributed by atoms with E-state index >= 15 is 0 Å². The molecule has 10 atom stereocenters. The Labute approximate surface area is 325 Å². The van der Waals surface area contributed by atoms with Gasteiger partial charge in [-0.1, -0.05) is 116 Å². The summed E-state index contributed by atoms with van der Waals surface area (Å²) in [5, 5.41) is 12.4. The van der Waals surface area contributed by atoms with Crippen molar-refractivity contribution in [2.75, 3.05) is 6.61 Å². The molecule has 292 valence electrons. The van der Waals surface area contributed by atoms with Crippen LogP contribution < -0.4 is 0 Å². The summed E-state index contributed by atoms with van der Waals surface area (Å²) in [5.41, 5.74) is 12.3. The van der Waals surface area contributed by atoms with Crippen molar-refractivity contribution in [1.29, 1.82) is 5.41 Å². The van der Waals surface area contributed by atoms with E-state index in [9.17, 15) is 15.1 Å². The van der Waals surface area contributed by atoms with Crippen molar-refractivity contribution in [3.8, 4) is 0 Å². The Hall–Kier alpha value is -5.40. The Morgan fingerprint density at radius 2 is 1.27 bits per heavy atom. The van der Waals surface area contributed by atoms with Crippen LogP contribution in [0.5, 0.6) is 0 Å². The van der Waals surface area contributed by atoms with E-state index in [1.54, 1.807) is 54.6 Å². The van der Waals surface area contributed by atoms with Crippen LogP contribution in [0.1, 0.15) is 52.1 Å². The van der Waals surface area contributed by atoms with Crippen LogP contribution in [-0.2, 0) is 46.4 Å². The average molecular weight is 763 g/mol. The summed E-state index contributed by atoms with van der Waals surface area (Å²) in [6, 6.07) is 35.2. The van der Waals surface area contributed by atoms with E-state index in [1.807, 2.05) is 80.6 Å². The van der Waals surface area contributed by atoms with E-state index in [0.29, 0.717) is 17.5 Å². The van der Waals surface area contributed by atoms with E-state index in [-0.39, 0.29) is 19.8 Å². The van der Waals surface area contributed by atoms with Gasteiger partial charge in [0.15, 0.2) is 12.4 Å². The first-order valence-electron chi connectivity index (χ1n) is 18.7. The molecule has 13 heteroatoms. The third-order valence-corrected chi connectivity index (χ3v) is 9.95. The molecular formula is C43H46N4O9. The van der Waals surface area contributed by atoms with E-state index < -0.39 is 72.9 Å². The van der Waals surface area contributed by atoms with Crippen LogP contribution in [-0.4, -0.2) is 79.8 Å². The lowest BCUT2D eigenvalue weighted by Crippen LogP contribution is -2.64. The number of carbonyl (C=O) groups is 2. The number of hydrogen-bond acceptors (Lipinski definition) is 11. The van der Waals surface area contributed by atoms with Gasteiger partial charge in [0.1, 0.15) is 31.0 Å². The molecule has 2 aliphatic heterocycles. The lowest BCUT2D eigenvalue weighted by molar-refractivity contribution is -0.315. The van der Waals surface area contributed by atoms with Gasteiger partial charge in [-0.05, 0) is 47.3 Å². The van der Waals surface area contributed by atoms with Crippen molar-refractivity contribution in [2.45, 2.75) is 88.5 Å². The number of nitrogens with one attached hydrogen (secondary N) is 1. The number of carbonyl (C=O) groups excluding carboxylic acids is 2.